The van der Waals surface area contributed by atoms with Crippen LogP contribution in [0.2, 0.25) is 5.02 Å². The average Bonchev–Trinajstić information content (AvgIpc) is 3.24. The molecule has 9 heteroatoms. The first-order valence-corrected chi connectivity index (χ1v) is 13.6. The second-order valence-corrected chi connectivity index (χ2v) is 12.3. The van der Waals surface area contributed by atoms with E-state index in [-0.39, 0.29) is 27.1 Å². The van der Waals surface area contributed by atoms with Crippen LogP contribution in [-0.4, -0.2) is 24.8 Å². The zero-order valence-corrected chi connectivity index (χ0v) is 20.0. The summed E-state index contributed by atoms with van der Waals surface area (Å²) >= 11 is 6.24. The third kappa shape index (κ3) is 4.12. The van der Waals surface area contributed by atoms with Crippen LogP contribution in [0, 0.1) is 5.41 Å². The Hall–Kier alpha value is -2.19. The van der Waals surface area contributed by atoms with Crippen LogP contribution in [-0.2, 0) is 16.3 Å². The fourth-order valence-electron chi connectivity index (χ4n) is 5.86. The number of aromatic hydroxyl groups is 1. The summed E-state index contributed by atoms with van der Waals surface area (Å²) in [4.78, 5) is 12.4. The summed E-state index contributed by atoms with van der Waals surface area (Å²) in [5.41, 5.74) is 1.21. The number of urea groups is 1. The quantitative estimate of drug-likeness (QED) is 0.472. The molecule has 0 aliphatic heterocycles. The van der Waals surface area contributed by atoms with Crippen molar-refractivity contribution in [2.24, 2.45) is 5.41 Å². The van der Waals surface area contributed by atoms with Gasteiger partial charge in [0, 0.05) is 0 Å². The predicted molar refractivity (Wildman–Crippen MR) is 125 cm³/mol. The number of furan rings is 1. The molecular formula is C24H29ClN2O5S. The molecule has 0 unspecified atom stereocenters. The molecule has 3 aliphatic rings. The molecule has 1 aromatic heterocycles. The highest BCUT2D eigenvalue weighted by Gasteiger charge is 2.51. The lowest BCUT2D eigenvalue weighted by Crippen LogP contribution is -2.46. The number of amides is 2. The number of halogens is 1. The Morgan fingerprint density at radius 3 is 2.64 bits per heavy atom. The van der Waals surface area contributed by atoms with Crippen LogP contribution in [0.1, 0.15) is 75.2 Å². The van der Waals surface area contributed by atoms with Gasteiger partial charge in [0.25, 0.3) is 0 Å². The summed E-state index contributed by atoms with van der Waals surface area (Å²) in [5, 5.41) is 15.7. The first kappa shape index (κ1) is 22.6. The number of phenolic OH excluding ortho intramolecular Hbond substituents is 1. The molecule has 1 spiro atoms. The fraction of sp³-hybridized carbons (Fsp3) is 0.542. The van der Waals surface area contributed by atoms with Crippen LogP contribution < -0.4 is 10.6 Å². The lowest BCUT2D eigenvalue weighted by Gasteiger charge is -2.49. The topological polar surface area (TPSA) is 109 Å². The highest BCUT2D eigenvalue weighted by molar-refractivity contribution is 7.92. The number of hydrogen-bond acceptors (Lipinski definition) is 5. The molecule has 2 aromatic rings. The van der Waals surface area contributed by atoms with Crippen molar-refractivity contribution in [3.05, 3.63) is 40.8 Å². The van der Waals surface area contributed by atoms with Crippen molar-refractivity contribution in [1.29, 1.82) is 0 Å². The third-order valence-electron chi connectivity index (χ3n) is 7.63. The average molecular weight is 493 g/mol. The maximum absolute atomic E-state index is 13.4. The molecule has 3 aliphatic carbocycles. The molecule has 1 aromatic carbocycles. The van der Waals surface area contributed by atoms with Gasteiger partial charge < -0.3 is 20.2 Å². The van der Waals surface area contributed by atoms with Gasteiger partial charge in [0.05, 0.1) is 28.3 Å². The predicted octanol–water partition coefficient (Wildman–Crippen LogP) is 5.72. The first-order valence-electron chi connectivity index (χ1n) is 11.7. The summed E-state index contributed by atoms with van der Waals surface area (Å²) in [6.45, 7) is 0. The normalized spacial score (nSPS) is 22.4. The van der Waals surface area contributed by atoms with E-state index >= 15 is 0 Å². The van der Waals surface area contributed by atoms with Crippen LogP contribution in [0.4, 0.5) is 10.5 Å². The fourth-order valence-corrected chi connectivity index (χ4v) is 8.54. The highest BCUT2D eigenvalue weighted by Crippen LogP contribution is 2.56. The number of benzene rings is 1. The second kappa shape index (κ2) is 8.55. The van der Waals surface area contributed by atoms with Crippen LogP contribution >= 0.6 is 11.6 Å². The van der Waals surface area contributed by atoms with Gasteiger partial charge in [-0.25, -0.2) is 13.2 Å². The molecule has 0 saturated heterocycles. The number of hydrogen-bond donors (Lipinski definition) is 3. The van der Waals surface area contributed by atoms with Crippen molar-refractivity contribution < 1.29 is 22.7 Å². The van der Waals surface area contributed by atoms with Crippen LogP contribution in [0.5, 0.6) is 5.75 Å². The van der Waals surface area contributed by atoms with E-state index in [9.17, 15) is 18.3 Å². The van der Waals surface area contributed by atoms with Gasteiger partial charge in [-0.15, -0.1) is 0 Å². The summed E-state index contributed by atoms with van der Waals surface area (Å²) in [5.74, 6) is 0.228. The Kier molecular flexibility index (Phi) is 5.85. The van der Waals surface area contributed by atoms with Gasteiger partial charge in [-0.2, -0.15) is 0 Å². The summed E-state index contributed by atoms with van der Waals surface area (Å²) in [6.07, 6.45) is 11.0. The highest BCUT2D eigenvalue weighted by atomic mass is 35.5. The van der Waals surface area contributed by atoms with E-state index in [1.807, 2.05) is 6.07 Å². The second-order valence-electron chi connectivity index (χ2n) is 9.76. The van der Waals surface area contributed by atoms with E-state index in [4.69, 9.17) is 16.0 Å². The maximum Gasteiger partial charge on any atom is 0.319 e. The third-order valence-corrected chi connectivity index (χ3v) is 10.3. The van der Waals surface area contributed by atoms with Crippen molar-refractivity contribution in [2.75, 3.05) is 5.32 Å². The van der Waals surface area contributed by atoms with Crippen molar-refractivity contribution in [2.45, 2.75) is 80.4 Å². The van der Waals surface area contributed by atoms with E-state index in [0.717, 1.165) is 56.3 Å². The van der Waals surface area contributed by atoms with E-state index in [1.54, 1.807) is 6.26 Å². The summed E-state index contributed by atoms with van der Waals surface area (Å²) in [6, 6.07) is 3.91. The zero-order chi connectivity index (χ0) is 23.2. The molecule has 1 atom stereocenters. The van der Waals surface area contributed by atoms with Crippen molar-refractivity contribution in [1.82, 2.24) is 5.32 Å². The Morgan fingerprint density at radius 2 is 1.88 bits per heavy atom. The molecule has 1 heterocycles. The van der Waals surface area contributed by atoms with Gasteiger partial charge in [-0.1, -0.05) is 30.9 Å². The van der Waals surface area contributed by atoms with Gasteiger partial charge in [0.2, 0.25) is 0 Å². The standard InChI is InChI=1S/C24H29ClN2O5S/c25-17-7-8-18(26-23(29)27-19-6-4-5-15-9-12-32-21(15)19)20(28)22(17)33(30,31)16-13-24(14-16)10-2-1-3-11-24/h7-9,12,16,19,28H,1-6,10-11,13-14H2,(H2,26,27,29)/t19-/m1/s1. The number of fused-ring (bicyclic) bond motifs is 1. The van der Waals surface area contributed by atoms with Crippen molar-refractivity contribution >= 4 is 33.2 Å². The lowest BCUT2D eigenvalue weighted by atomic mass is 9.60. The number of carbonyl (C=O) groups excluding carboxylic acids is 1. The smallest absolute Gasteiger partial charge is 0.319 e. The van der Waals surface area contributed by atoms with Gasteiger partial charge in [-0.05, 0) is 74.1 Å². The van der Waals surface area contributed by atoms with E-state index in [2.05, 4.69) is 10.6 Å². The minimum Gasteiger partial charge on any atom is -0.504 e. The SMILES string of the molecule is O=C(Nc1ccc(Cl)c(S(=O)(=O)C2CC3(CCCCC3)C2)c1O)N[C@@H]1CCCc2ccoc21. The minimum atomic E-state index is -3.83. The number of anilines is 1. The molecule has 2 saturated carbocycles. The molecule has 7 nitrogen and oxygen atoms in total. The monoisotopic (exact) mass is 492 g/mol. The number of phenols is 1. The molecule has 3 N–H and O–H groups in total. The van der Waals surface area contributed by atoms with Crippen LogP contribution in [0.25, 0.3) is 0 Å². The van der Waals surface area contributed by atoms with Crippen molar-refractivity contribution in [3.8, 4) is 5.75 Å². The summed E-state index contributed by atoms with van der Waals surface area (Å²) < 4.78 is 32.2. The molecule has 2 amide bonds. The van der Waals surface area contributed by atoms with E-state index in [0.29, 0.717) is 12.8 Å². The molecule has 33 heavy (non-hydrogen) atoms. The molecule has 5 rings (SSSR count). The zero-order valence-electron chi connectivity index (χ0n) is 18.4. The van der Waals surface area contributed by atoms with Crippen LogP contribution in [0.15, 0.2) is 33.8 Å². The number of carbonyl (C=O) groups is 1. The molecule has 0 bridgehead atoms. The van der Waals surface area contributed by atoms with E-state index < -0.39 is 26.9 Å². The van der Waals surface area contributed by atoms with Gasteiger partial charge in [0.1, 0.15) is 10.7 Å². The van der Waals surface area contributed by atoms with Crippen LogP contribution in [0.3, 0.4) is 0 Å². The Labute approximate surface area is 198 Å². The van der Waals surface area contributed by atoms with Gasteiger partial charge >= 0.3 is 6.03 Å². The molecule has 178 valence electrons. The maximum atomic E-state index is 13.4. The molecule has 0 radical (unpaired) electrons. The number of nitrogens with one attached hydrogen (secondary N) is 2. The number of aryl methyl sites for hydroxylation is 1. The van der Waals surface area contributed by atoms with Gasteiger partial charge in [0.15, 0.2) is 15.6 Å². The first-order chi connectivity index (χ1) is 15.8. The Balaban J connectivity index is 1.32. The number of sulfone groups is 1. The minimum absolute atomic E-state index is 0.0117. The molecule has 2 fully saturated rings. The van der Waals surface area contributed by atoms with E-state index in [1.165, 1.54) is 18.6 Å². The Bertz CT molecular complexity index is 1160. The summed E-state index contributed by atoms with van der Waals surface area (Å²) in [7, 11) is -3.83. The van der Waals surface area contributed by atoms with Crippen molar-refractivity contribution in [3.63, 3.8) is 0 Å². The lowest BCUT2D eigenvalue weighted by molar-refractivity contribution is 0.0811. The number of rotatable bonds is 4. The Morgan fingerprint density at radius 1 is 1.12 bits per heavy atom. The largest absolute Gasteiger partial charge is 0.504 e. The van der Waals surface area contributed by atoms with Gasteiger partial charge in [-0.3, -0.25) is 0 Å². The molecular weight excluding hydrogens is 464 g/mol.